The summed E-state index contributed by atoms with van der Waals surface area (Å²) in [5.74, 6) is 0.0813. The lowest BCUT2D eigenvalue weighted by molar-refractivity contribution is 0.0698. The van der Waals surface area contributed by atoms with Crippen LogP contribution >= 0.6 is 11.8 Å². The van der Waals surface area contributed by atoms with Crippen molar-refractivity contribution in [1.82, 2.24) is 0 Å². The summed E-state index contributed by atoms with van der Waals surface area (Å²) >= 11 is 1.73. The van der Waals surface area contributed by atoms with Crippen LogP contribution < -0.4 is 5.32 Å². The highest BCUT2D eigenvalue weighted by atomic mass is 32.2. The van der Waals surface area contributed by atoms with E-state index in [9.17, 15) is 4.79 Å². The number of rotatable bonds is 5. The Hall–Kier alpha value is -1.16. The Bertz CT molecular complexity index is 352. The molecular weight excluding hydrogens is 210 g/mol. The van der Waals surface area contributed by atoms with Gasteiger partial charge in [-0.15, -0.1) is 0 Å². The number of anilines is 1. The normalized spacial score (nSPS) is 10.0. The molecule has 0 atom stereocenters. The van der Waals surface area contributed by atoms with Crippen LogP contribution in [0.25, 0.3) is 0 Å². The van der Waals surface area contributed by atoms with Crippen LogP contribution in [0.5, 0.6) is 0 Å². The van der Waals surface area contributed by atoms with Gasteiger partial charge in [0.1, 0.15) is 0 Å². The lowest BCUT2D eigenvalue weighted by Crippen LogP contribution is -2.09. The molecule has 0 aliphatic carbocycles. The fraction of sp³-hybridized carbons (Fsp3) is 0.364. The number of aryl methyl sites for hydroxylation is 1. The summed E-state index contributed by atoms with van der Waals surface area (Å²) in [7, 11) is 0. The van der Waals surface area contributed by atoms with E-state index in [0.29, 0.717) is 11.3 Å². The van der Waals surface area contributed by atoms with Gasteiger partial charge in [-0.1, -0.05) is 11.6 Å². The van der Waals surface area contributed by atoms with Gasteiger partial charge in [0, 0.05) is 18.0 Å². The fourth-order valence-corrected chi connectivity index (χ4v) is 1.58. The van der Waals surface area contributed by atoms with Crippen LogP contribution in [0.1, 0.15) is 15.9 Å². The lowest BCUT2D eigenvalue weighted by atomic mass is 10.1. The zero-order valence-electron chi connectivity index (χ0n) is 8.91. The van der Waals surface area contributed by atoms with Crippen LogP contribution in [-0.2, 0) is 0 Å². The van der Waals surface area contributed by atoms with E-state index in [0.717, 1.165) is 17.9 Å². The minimum atomic E-state index is -0.884. The number of hydrogen-bond donors (Lipinski definition) is 2. The molecule has 0 saturated carbocycles. The molecule has 0 aliphatic heterocycles. The number of carboxylic acids is 1. The van der Waals surface area contributed by atoms with E-state index in [1.54, 1.807) is 17.8 Å². The third-order valence-electron chi connectivity index (χ3n) is 2.03. The second-order valence-electron chi connectivity index (χ2n) is 3.27. The minimum absolute atomic E-state index is 0.344. The number of thioether (sulfide) groups is 1. The Morgan fingerprint density at radius 2 is 2.27 bits per heavy atom. The standard InChI is InChI=1S/C11H15NO2S/c1-8-3-4-10(12-5-6-15-2)9(7-8)11(13)14/h3-4,7,12H,5-6H2,1-2H3,(H,13,14). The molecule has 0 fully saturated rings. The number of hydrogen-bond acceptors (Lipinski definition) is 3. The smallest absolute Gasteiger partial charge is 0.337 e. The molecule has 2 N–H and O–H groups in total. The third kappa shape index (κ3) is 3.47. The number of carboxylic acid groups (broad SMARTS) is 1. The Morgan fingerprint density at radius 1 is 1.53 bits per heavy atom. The van der Waals surface area contributed by atoms with E-state index in [-0.39, 0.29) is 0 Å². The Balaban J connectivity index is 2.81. The summed E-state index contributed by atoms with van der Waals surface area (Å²) in [6, 6.07) is 5.41. The first kappa shape index (κ1) is 11.9. The van der Waals surface area contributed by atoms with E-state index in [4.69, 9.17) is 5.11 Å². The van der Waals surface area contributed by atoms with E-state index in [1.807, 2.05) is 25.3 Å². The Kier molecular flexibility index (Phi) is 4.49. The van der Waals surface area contributed by atoms with E-state index >= 15 is 0 Å². The van der Waals surface area contributed by atoms with Crippen molar-refractivity contribution in [3.05, 3.63) is 29.3 Å². The molecule has 3 nitrogen and oxygen atoms in total. The topological polar surface area (TPSA) is 49.3 Å². The first-order chi connectivity index (χ1) is 7.15. The van der Waals surface area contributed by atoms with Crippen LogP contribution in [0.15, 0.2) is 18.2 Å². The molecule has 1 aromatic rings. The van der Waals surface area contributed by atoms with Gasteiger partial charge < -0.3 is 10.4 Å². The van der Waals surface area contributed by atoms with Crippen molar-refractivity contribution < 1.29 is 9.90 Å². The van der Waals surface area contributed by atoms with Crippen LogP contribution in [0.4, 0.5) is 5.69 Å². The molecule has 0 saturated heterocycles. The fourth-order valence-electron chi connectivity index (χ4n) is 1.28. The Labute approximate surface area is 93.9 Å². The van der Waals surface area contributed by atoms with Crippen molar-refractivity contribution >= 4 is 23.4 Å². The van der Waals surface area contributed by atoms with Gasteiger partial charge in [0.15, 0.2) is 0 Å². The molecule has 0 aliphatic rings. The van der Waals surface area contributed by atoms with Crippen LogP contribution in [0.3, 0.4) is 0 Å². The maximum Gasteiger partial charge on any atom is 0.337 e. The number of nitrogens with one attached hydrogen (secondary N) is 1. The summed E-state index contributed by atoms with van der Waals surface area (Å²) in [6.45, 7) is 2.67. The number of benzene rings is 1. The summed E-state index contributed by atoms with van der Waals surface area (Å²) in [5, 5.41) is 12.1. The molecule has 0 radical (unpaired) electrons. The van der Waals surface area contributed by atoms with Crippen molar-refractivity contribution in [3.63, 3.8) is 0 Å². The average Bonchev–Trinajstić information content (AvgIpc) is 2.20. The number of aromatic carboxylic acids is 1. The first-order valence-electron chi connectivity index (χ1n) is 4.72. The first-order valence-corrected chi connectivity index (χ1v) is 6.11. The van der Waals surface area contributed by atoms with Crippen LogP contribution in [-0.4, -0.2) is 29.6 Å². The van der Waals surface area contributed by atoms with Gasteiger partial charge in [-0.05, 0) is 25.3 Å². The molecule has 0 amide bonds. The van der Waals surface area contributed by atoms with Gasteiger partial charge in [-0.2, -0.15) is 11.8 Å². The molecule has 1 aromatic carbocycles. The van der Waals surface area contributed by atoms with E-state index in [2.05, 4.69) is 5.32 Å². The molecule has 0 bridgehead atoms. The zero-order valence-corrected chi connectivity index (χ0v) is 9.73. The van der Waals surface area contributed by atoms with Crippen LogP contribution in [0.2, 0.25) is 0 Å². The minimum Gasteiger partial charge on any atom is -0.478 e. The van der Waals surface area contributed by atoms with Crippen molar-refractivity contribution in [3.8, 4) is 0 Å². The van der Waals surface area contributed by atoms with Crippen molar-refractivity contribution in [2.45, 2.75) is 6.92 Å². The molecule has 82 valence electrons. The largest absolute Gasteiger partial charge is 0.478 e. The summed E-state index contributed by atoms with van der Waals surface area (Å²) in [4.78, 5) is 11.0. The average molecular weight is 225 g/mol. The van der Waals surface area contributed by atoms with Gasteiger partial charge in [-0.3, -0.25) is 0 Å². The summed E-state index contributed by atoms with van der Waals surface area (Å²) in [6.07, 6.45) is 2.02. The van der Waals surface area contributed by atoms with Gasteiger partial charge in [0.25, 0.3) is 0 Å². The van der Waals surface area contributed by atoms with Crippen LogP contribution in [0, 0.1) is 6.92 Å². The SMILES string of the molecule is CSCCNc1ccc(C)cc1C(=O)O. The molecule has 0 heterocycles. The third-order valence-corrected chi connectivity index (χ3v) is 2.64. The lowest BCUT2D eigenvalue weighted by Gasteiger charge is -2.09. The van der Waals surface area contributed by atoms with Gasteiger partial charge in [-0.25, -0.2) is 4.79 Å². The molecule has 4 heteroatoms. The monoisotopic (exact) mass is 225 g/mol. The molecule has 0 aromatic heterocycles. The second-order valence-corrected chi connectivity index (χ2v) is 4.26. The molecule has 0 spiro atoms. The predicted octanol–water partition coefficient (Wildman–Crippen LogP) is 2.47. The van der Waals surface area contributed by atoms with Gasteiger partial charge >= 0.3 is 5.97 Å². The maximum atomic E-state index is 11.0. The van der Waals surface area contributed by atoms with Crippen molar-refractivity contribution in [1.29, 1.82) is 0 Å². The molecule has 15 heavy (non-hydrogen) atoms. The van der Waals surface area contributed by atoms with Crippen molar-refractivity contribution in [2.75, 3.05) is 23.9 Å². The molecule has 0 unspecified atom stereocenters. The zero-order chi connectivity index (χ0) is 11.3. The molecule has 1 rings (SSSR count). The second kappa shape index (κ2) is 5.66. The van der Waals surface area contributed by atoms with Gasteiger partial charge in [0.05, 0.1) is 5.56 Å². The highest BCUT2D eigenvalue weighted by Gasteiger charge is 2.09. The Morgan fingerprint density at radius 3 is 2.87 bits per heavy atom. The van der Waals surface area contributed by atoms with E-state index in [1.165, 1.54) is 0 Å². The number of carbonyl (C=O) groups is 1. The quantitative estimate of drug-likeness (QED) is 0.756. The highest BCUT2D eigenvalue weighted by Crippen LogP contribution is 2.17. The summed E-state index contributed by atoms with van der Waals surface area (Å²) < 4.78 is 0. The predicted molar refractivity (Wildman–Crippen MR) is 65.0 cm³/mol. The molecular formula is C11H15NO2S. The van der Waals surface area contributed by atoms with Gasteiger partial charge in [0.2, 0.25) is 0 Å². The van der Waals surface area contributed by atoms with E-state index < -0.39 is 5.97 Å². The highest BCUT2D eigenvalue weighted by molar-refractivity contribution is 7.98. The summed E-state index contributed by atoms with van der Waals surface area (Å²) in [5.41, 5.74) is 2.00. The van der Waals surface area contributed by atoms with Crippen molar-refractivity contribution in [2.24, 2.45) is 0 Å². The maximum absolute atomic E-state index is 11.0.